The summed E-state index contributed by atoms with van der Waals surface area (Å²) in [4.78, 5) is 16.2. The number of carbonyl (C=O) groups is 1. The average Bonchev–Trinajstić information content (AvgIpc) is 2.67. The molecule has 2 aromatic rings. The van der Waals surface area contributed by atoms with E-state index < -0.39 is 15.8 Å². The van der Waals surface area contributed by atoms with Gasteiger partial charge in [0.05, 0.1) is 4.90 Å². The van der Waals surface area contributed by atoms with E-state index in [1.807, 2.05) is 31.1 Å². The Morgan fingerprint density at radius 3 is 2.19 bits per heavy atom. The van der Waals surface area contributed by atoms with Gasteiger partial charge >= 0.3 is 0 Å². The molecule has 0 unspecified atom stereocenters. The smallest absolute Gasteiger partial charge is 0.253 e. The van der Waals surface area contributed by atoms with E-state index in [9.17, 15) is 17.6 Å². The van der Waals surface area contributed by atoms with E-state index in [0.717, 1.165) is 11.8 Å². The molecular formula is C19H22FN3O3S. The second kappa shape index (κ2) is 7.66. The minimum absolute atomic E-state index is 0.0680. The molecule has 27 heavy (non-hydrogen) atoms. The fraction of sp³-hybridized carbons (Fsp3) is 0.316. The molecule has 1 amide bonds. The highest BCUT2D eigenvalue weighted by Crippen LogP contribution is 2.20. The first-order valence-electron chi connectivity index (χ1n) is 8.61. The van der Waals surface area contributed by atoms with Crippen LogP contribution in [-0.4, -0.2) is 63.8 Å². The number of carbonyl (C=O) groups excluding carboxylic acids is 1. The topological polar surface area (TPSA) is 60.9 Å². The summed E-state index contributed by atoms with van der Waals surface area (Å²) in [5.41, 5.74) is 1.57. The number of hydrogen-bond acceptors (Lipinski definition) is 4. The van der Waals surface area contributed by atoms with Gasteiger partial charge in [-0.3, -0.25) is 4.79 Å². The lowest BCUT2D eigenvalue weighted by molar-refractivity contribution is 0.0698. The number of rotatable bonds is 4. The minimum atomic E-state index is -3.76. The van der Waals surface area contributed by atoms with Crippen LogP contribution in [0.4, 0.5) is 10.1 Å². The average molecular weight is 391 g/mol. The van der Waals surface area contributed by atoms with Gasteiger partial charge in [0.15, 0.2) is 0 Å². The van der Waals surface area contributed by atoms with Crippen molar-refractivity contribution in [3.05, 3.63) is 59.9 Å². The summed E-state index contributed by atoms with van der Waals surface area (Å²) in [7, 11) is 0.0878. The summed E-state index contributed by atoms with van der Waals surface area (Å²) in [6.45, 7) is 0.951. The predicted molar refractivity (Wildman–Crippen MR) is 102 cm³/mol. The second-order valence-electron chi connectivity index (χ2n) is 6.59. The fourth-order valence-electron chi connectivity index (χ4n) is 2.99. The number of nitrogens with zero attached hydrogens (tertiary/aromatic N) is 3. The van der Waals surface area contributed by atoms with Crippen LogP contribution >= 0.6 is 0 Å². The van der Waals surface area contributed by atoms with Gasteiger partial charge in [-0.1, -0.05) is 6.07 Å². The molecule has 1 saturated heterocycles. The van der Waals surface area contributed by atoms with Crippen LogP contribution in [0.15, 0.2) is 53.4 Å². The lowest BCUT2D eigenvalue weighted by Gasteiger charge is -2.34. The van der Waals surface area contributed by atoms with Gasteiger partial charge in [0, 0.05) is 51.5 Å². The van der Waals surface area contributed by atoms with E-state index in [1.54, 1.807) is 17.0 Å². The Balaban J connectivity index is 1.67. The molecule has 0 bridgehead atoms. The zero-order valence-corrected chi connectivity index (χ0v) is 16.1. The SMILES string of the molecule is CN(C)c1ccc(C(=O)N2CCN(S(=O)(=O)c3cccc(F)c3)CC2)cc1. The van der Waals surface area contributed by atoms with Crippen molar-refractivity contribution in [3.8, 4) is 0 Å². The van der Waals surface area contributed by atoms with Crippen LogP contribution in [0.1, 0.15) is 10.4 Å². The van der Waals surface area contributed by atoms with Crippen molar-refractivity contribution in [2.45, 2.75) is 4.90 Å². The van der Waals surface area contributed by atoms with E-state index >= 15 is 0 Å². The van der Waals surface area contributed by atoms with Crippen LogP contribution in [0.25, 0.3) is 0 Å². The quantitative estimate of drug-likeness (QED) is 0.800. The highest BCUT2D eigenvalue weighted by molar-refractivity contribution is 7.89. The van der Waals surface area contributed by atoms with E-state index in [2.05, 4.69) is 0 Å². The molecule has 1 aliphatic rings. The maximum absolute atomic E-state index is 13.4. The minimum Gasteiger partial charge on any atom is -0.378 e. The monoisotopic (exact) mass is 391 g/mol. The molecule has 0 atom stereocenters. The van der Waals surface area contributed by atoms with Gasteiger partial charge in [-0.15, -0.1) is 0 Å². The first-order chi connectivity index (χ1) is 12.8. The van der Waals surface area contributed by atoms with Crippen LogP contribution in [-0.2, 0) is 10.0 Å². The fourth-order valence-corrected chi connectivity index (χ4v) is 4.45. The van der Waals surface area contributed by atoms with Crippen molar-refractivity contribution in [2.75, 3.05) is 45.2 Å². The molecule has 1 aliphatic heterocycles. The molecule has 144 valence electrons. The molecule has 8 heteroatoms. The summed E-state index contributed by atoms with van der Waals surface area (Å²) in [5.74, 6) is -0.714. The highest BCUT2D eigenvalue weighted by atomic mass is 32.2. The number of piperazine rings is 1. The number of anilines is 1. The molecule has 2 aromatic carbocycles. The van der Waals surface area contributed by atoms with Crippen LogP contribution in [0.3, 0.4) is 0 Å². The van der Waals surface area contributed by atoms with Gasteiger partial charge in [0.1, 0.15) is 5.82 Å². The molecule has 0 radical (unpaired) electrons. The van der Waals surface area contributed by atoms with E-state index in [-0.39, 0.29) is 23.9 Å². The van der Waals surface area contributed by atoms with Crippen molar-refractivity contribution < 1.29 is 17.6 Å². The molecule has 1 fully saturated rings. The Labute approximate surface area is 158 Å². The maximum atomic E-state index is 13.4. The highest BCUT2D eigenvalue weighted by Gasteiger charge is 2.30. The summed E-state index contributed by atoms with van der Waals surface area (Å²) in [6, 6.07) is 12.3. The van der Waals surface area contributed by atoms with Crippen LogP contribution in [0.5, 0.6) is 0 Å². The van der Waals surface area contributed by atoms with Crippen molar-refractivity contribution in [3.63, 3.8) is 0 Å². The number of benzene rings is 2. The molecule has 0 aromatic heterocycles. The lowest BCUT2D eigenvalue weighted by Crippen LogP contribution is -2.50. The first kappa shape index (κ1) is 19.3. The van der Waals surface area contributed by atoms with Crippen LogP contribution in [0, 0.1) is 5.82 Å². The summed E-state index contributed by atoms with van der Waals surface area (Å²) in [5, 5.41) is 0. The van der Waals surface area contributed by atoms with E-state index in [4.69, 9.17) is 0 Å². The van der Waals surface area contributed by atoms with Gasteiger partial charge in [0.2, 0.25) is 10.0 Å². The van der Waals surface area contributed by atoms with Gasteiger partial charge in [0.25, 0.3) is 5.91 Å². The van der Waals surface area contributed by atoms with Crippen LogP contribution < -0.4 is 4.90 Å². The predicted octanol–water partition coefficient (Wildman–Crippen LogP) is 2.04. The number of halogens is 1. The lowest BCUT2D eigenvalue weighted by atomic mass is 10.1. The van der Waals surface area contributed by atoms with Gasteiger partial charge in [-0.2, -0.15) is 4.31 Å². The van der Waals surface area contributed by atoms with Crippen LogP contribution in [0.2, 0.25) is 0 Å². The van der Waals surface area contributed by atoms with E-state index in [0.29, 0.717) is 18.7 Å². The van der Waals surface area contributed by atoms with Gasteiger partial charge in [-0.25, -0.2) is 12.8 Å². The Morgan fingerprint density at radius 2 is 1.63 bits per heavy atom. The molecule has 0 N–H and O–H groups in total. The molecular weight excluding hydrogens is 369 g/mol. The maximum Gasteiger partial charge on any atom is 0.253 e. The van der Waals surface area contributed by atoms with Crippen molar-refractivity contribution in [2.24, 2.45) is 0 Å². The summed E-state index contributed by atoms with van der Waals surface area (Å²) < 4.78 is 39.9. The zero-order valence-electron chi connectivity index (χ0n) is 15.3. The normalized spacial score (nSPS) is 15.6. The van der Waals surface area contributed by atoms with Crippen molar-refractivity contribution >= 4 is 21.6 Å². The molecule has 0 aliphatic carbocycles. The summed E-state index contributed by atoms with van der Waals surface area (Å²) >= 11 is 0. The third-order valence-corrected chi connectivity index (χ3v) is 6.48. The molecule has 0 saturated carbocycles. The Kier molecular flexibility index (Phi) is 5.48. The third kappa shape index (κ3) is 4.12. The molecule has 1 heterocycles. The zero-order chi connectivity index (χ0) is 19.6. The van der Waals surface area contributed by atoms with Gasteiger partial charge < -0.3 is 9.80 Å². The Morgan fingerprint density at radius 1 is 1.00 bits per heavy atom. The number of amides is 1. The van der Waals surface area contributed by atoms with E-state index in [1.165, 1.54) is 22.5 Å². The van der Waals surface area contributed by atoms with Crippen molar-refractivity contribution in [1.29, 1.82) is 0 Å². The molecule has 0 spiro atoms. The largest absolute Gasteiger partial charge is 0.378 e. The van der Waals surface area contributed by atoms with Crippen molar-refractivity contribution in [1.82, 2.24) is 9.21 Å². The molecule has 6 nitrogen and oxygen atoms in total. The second-order valence-corrected chi connectivity index (χ2v) is 8.53. The Bertz CT molecular complexity index is 921. The standard InChI is InChI=1S/C19H22FN3O3S/c1-21(2)17-8-6-15(7-9-17)19(24)22-10-12-23(13-11-22)27(25,26)18-5-3-4-16(20)14-18/h3-9,14H,10-13H2,1-2H3. The third-order valence-electron chi connectivity index (χ3n) is 4.59. The van der Waals surface area contributed by atoms with Gasteiger partial charge in [-0.05, 0) is 42.5 Å². The first-order valence-corrected chi connectivity index (χ1v) is 10.1. The summed E-state index contributed by atoms with van der Waals surface area (Å²) in [6.07, 6.45) is 0. The number of sulfonamides is 1. The number of hydrogen-bond donors (Lipinski definition) is 0. The Hall–Kier alpha value is -2.45. The molecule has 3 rings (SSSR count).